The van der Waals surface area contributed by atoms with Gasteiger partial charge in [-0.05, 0) is 19.1 Å². The first-order valence-electron chi connectivity index (χ1n) is 3.29. The zero-order valence-corrected chi connectivity index (χ0v) is 6.53. The molecule has 0 saturated carbocycles. The molecule has 0 aromatic carbocycles. The Morgan fingerprint density at radius 2 is 2.44 bits per heavy atom. The van der Waals surface area contributed by atoms with E-state index >= 15 is 0 Å². The first kappa shape index (κ1) is 7.16. The van der Waals surface area contributed by atoms with Crippen LogP contribution in [-0.4, -0.2) is 17.5 Å². The average molecular weight is 143 g/mol. The second-order valence-corrected chi connectivity index (χ2v) is 3.43. The number of hydrogen-bond donors (Lipinski definition) is 1. The summed E-state index contributed by atoms with van der Waals surface area (Å²) in [7, 11) is 0. The van der Waals surface area contributed by atoms with E-state index in [0.717, 1.165) is 0 Å². The third-order valence-electron chi connectivity index (χ3n) is 1.71. The van der Waals surface area contributed by atoms with Crippen molar-refractivity contribution in [1.82, 2.24) is 0 Å². The molecule has 0 saturated heterocycles. The number of allylic oxidation sites excluding steroid dienone is 1. The van der Waals surface area contributed by atoms with Gasteiger partial charge >= 0.3 is 0 Å². The molecule has 0 aromatic heterocycles. The zero-order valence-electron chi connectivity index (χ0n) is 5.71. The molecule has 9 heavy (non-hydrogen) atoms. The SMILES string of the molecule is CSC1CCC=CC1N. The van der Waals surface area contributed by atoms with Crippen molar-refractivity contribution < 1.29 is 0 Å². The van der Waals surface area contributed by atoms with E-state index in [0.29, 0.717) is 11.3 Å². The molecule has 1 nitrogen and oxygen atoms in total. The van der Waals surface area contributed by atoms with Gasteiger partial charge in [0.2, 0.25) is 0 Å². The number of thioether (sulfide) groups is 1. The van der Waals surface area contributed by atoms with Crippen molar-refractivity contribution in [2.75, 3.05) is 6.26 Å². The van der Waals surface area contributed by atoms with Crippen molar-refractivity contribution in [3.05, 3.63) is 12.2 Å². The van der Waals surface area contributed by atoms with E-state index in [1.165, 1.54) is 12.8 Å². The Bertz CT molecular complexity index is 111. The summed E-state index contributed by atoms with van der Waals surface area (Å²) in [5.41, 5.74) is 5.78. The normalized spacial score (nSPS) is 34.9. The highest BCUT2D eigenvalue weighted by atomic mass is 32.2. The van der Waals surface area contributed by atoms with E-state index in [-0.39, 0.29) is 0 Å². The molecule has 52 valence electrons. The predicted molar refractivity (Wildman–Crippen MR) is 43.7 cm³/mol. The summed E-state index contributed by atoms with van der Waals surface area (Å²) in [5.74, 6) is 0. The lowest BCUT2D eigenvalue weighted by Gasteiger charge is -2.21. The highest BCUT2D eigenvalue weighted by Gasteiger charge is 2.15. The fourth-order valence-corrected chi connectivity index (χ4v) is 1.88. The minimum Gasteiger partial charge on any atom is -0.324 e. The molecule has 0 bridgehead atoms. The fraction of sp³-hybridized carbons (Fsp3) is 0.714. The van der Waals surface area contributed by atoms with Gasteiger partial charge < -0.3 is 5.73 Å². The van der Waals surface area contributed by atoms with Crippen molar-refractivity contribution in [2.24, 2.45) is 5.73 Å². The molecule has 0 heterocycles. The summed E-state index contributed by atoms with van der Waals surface area (Å²) in [6.45, 7) is 0. The molecular formula is C7H13NS. The Kier molecular flexibility index (Phi) is 2.61. The van der Waals surface area contributed by atoms with Crippen molar-refractivity contribution in [2.45, 2.75) is 24.1 Å². The van der Waals surface area contributed by atoms with Crippen LogP contribution in [0.2, 0.25) is 0 Å². The summed E-state index contributed by atoms with van der Waals surface area (Å²) in [6.07, 6.45) is 8.88. The number of rotatable bonds is 1. The lowest BCUT2D eigenvalue weighted by molar-refractivity contribution is 0.664. The van der Waals surface area contributed by atoms with Crippen LogP contribution < -0.4 is 5.73 Å². The zero-order chi connectivity index (χ0) is 6.69. The Labute approximate surface area is 60.7 Å². The maximum Gasteiger partial charge on any atom is 0.0344 e. The van der Waals surface area contributed by atoms with Crippen LogP contribution in [0.1, 0.15) is 12.8 Å². The summed E-state index contributed by atoms with van der Waals surface area (Å²) in [5, 5.41) is 0.662. The van der Waals surface area contributed by atoms with Gasteiger partial charge in [0, 0.05) is 11.3 Å². The van der Waals surface area contributed by atoms with Gasteiger partial charge in [0.25, 0.3) is 0 Å². The summed E-state index contributed by atoms with van der Waals surface area (Å²) in [6, 6.07) is 0.300. The Hall–Kier alpha value is 0.0500. The quantitative estimate of drug-likeness (QED) is 0.561. The molecule has 1 rings (SSSR count). The predicted octanol–water partition coefficient (Wildman–Crippen LogP) is 1.40. The van der Waals surface area contributed by atoms with Crippen LogP contribution in [0.15, 0.2) is 12.2 Å². The molecule has 1 aliphatic carbocycles. The van der Waals surface area contributed by atoms with Gasteiger partial charge in [0.05, 0.1) is 0 Å². The maximum absolute atomic E-state index is 5.78. The van der Waals surface area contributed by atoms with Crippen molar-refractivity contribution in [1.29, 1.82) is 0 Å². The molecular weight excluding hydrogens is 130 g/mol. The smallest absolute Gasteiger partial charge is 0.0344 e. The molecule has 0 radical (unpaired) electrons. The number of hydrogen-bond acceptors (Lipinski definition) is 2. The van der Waals surface area contributed by atoms with Crippen LogP contribution in [-0.2, 0) is 0 Å². The van der Waals surface area contributed by atoms with E-state index in [4.69, 9.17) is 5.73 Å². The highest BCUT2D eigenvalue weighted by Crippen LogP contribution is 2.20. The van der Waals surface area contributed by atoms with Gasteiger partial charge in [-0.3, -0.25) is 0 Å². The monoisotopic (exact) mass is 143 g/mol. The van der Waals surface area contributed by atoms with E-state index in [1.54, 1.807) is 0 Å². The Morgan fingerprint density at radius 3 is 2.89 bits per heavy atom. The van der Waals surface area contributed by atoms with Crippen LogP contribution in [0.4, 0.5) is 0 Å². The lowest BCUT2D eigenvalue weighted by Crippen LogP contribution is -2.31. The first-order chi connectivity index (χ1) is 4.34. The summed E-state index contributed by atoms with van der Waals surface area (Å²) >= 11 is 1.88. The Morgan fingerprint density at radius 1 is 1.67 bits per heavy atom. The minimum atomic E-state index is 0.300. The maximum atomic E-state index is 5.78. The van der Waals surface area contributed by atoms with Crippen LogP contribution >= 0.6 is 11.8 Å². The average Bonchev–Trinajstić information content (AvgIpc) is 1.89. The minimum absolute atomic E-state index is 0.300. The van der Waals surface area contributed by atoms with Crippen LogP contribution in [0, 0.1) is 0 Å². The molecule has 0 spiro atoms. The molecule has 2 N–H and O–H groups in total. The standard InChI is InChI=1S/C7H13NS/c1-9-7-5-3-2-4-6(7)8/h2,4,6-7H,3,5,8H2,1H3. The van der Waals surface area contributed by atoms with Gasteiger partial charge in [-0.25, -0.2) is 0 Å². The summed E-state index contributed by atoms with van der Waals surface area (Å²) < 4.78 is 0. The van der Waals surface area contributed by atoms with Crippen molar-refractivity contribution in [3.8, 4) is 0 Å². The van der Waals surface area contributed by atoms with E-state index in [2.05, 4.69) is 18.4 Å². The van der Waals surface area contributed by atoms with Gasteiger partial charge in [-0.1, -0.05) is 12.2 Å². The van der Waals surface area contributed by atoms with E-state index in [1.807, 2.05) is 11.8 Å². The van der Waals surface area contributed by atoms with Crippen molar-refractivity contribution in [3.63, 3.8) is 0 Å². The molecule has 2 heteroatoms. The molecule has 2 atom stereocenters. The van der Waals surface area contributed by atoms with Crippen molar-refractivity contribution >= 4 is 11.8 Å². The first-order valence-corrected chi connectivity index (χ1v) is 4.58. The molecule has 1 aliphatic rings. The third-order valence-corrected chi connectivity index (χ3v) is 2.86. The van der Waals surface area contributed by atoms with Gasteiger partial charge in [0.15, 0.2) is 0 Å². The topological polar surface area (TPSA) is 26.0 Å². The van der Waals surface area contributed by atoms with Gasteiger partial charge in [-0.2, -0.15) is 11.8 Å². The second kappa shape index (κ2) is 3.28. The van der Waals surface area contributed by atoms with E-state index in [9.17, 15) is 0 Å². The molecule has 0 aliphatic heterocycles. The molecule has 0 fully saturated rings. The van der Waals surface area contributed by atoms with Crippen LogP contribution in [0.3, 0.4) is 0 Å². The van der Waals surface area contributed by atoms with Crippen LogP contribution in [0.5, 0.6) is 0 Å². The van der Waals surface area contributed by atoms with Gasteiger partial charge in [-0.15, -0.1) is 0 Å². The molecule has 0 amide bonds. The second-order valence-electron chi connectivity index (χ2n) is 2.36. The van der Waals surface area contributed by atoms with E-state index < -0.39 is 0 Å². The van der Waals surface area contributed by atoms with Crippen LogP contribution in [0.25, 0.3) is 0 Å². The van der Waals surface area contributed by atoms with Gasteiger partial charge in [0.1, 0.15) is 0 Å². The lowest BCUT2D eigenvalue weighted by atomic mass is 10.0. The summed E-state index contributed by atoms with van der Waals surface area (Å²) in [4.78, 5) is 0. The Balaban J connectivity index is 2.44. The molecule has 0 aromatic rings. The molecule has 2 unspecified atom stereocenters. The highest BCUT2D eigenvalue weighted by molar-refractivity contribution is 7.99. The largest absolute Gasteiger partial charge is 0.324 e. The fourth-order valence-electron chi connectivity index (χ4n) is 1.11. The third kappa shape index (κ3) is 1.73. The number of nitrogens with two attached hydrogens (primary N) is 1.